The first-order valence-corrected chi connectivity index (χ1v) is 10.1. The number of anilines is 1. The van der Waals surface area contributed by atoms with Gasteiger partial charge in [-0.2, -0.15) is 9.90 Å². The van der Waals surface area contributed by atoms with Gasteiger partial charge in [0.25, 0.3) is 5.91 Å². The summed E-state index contributed by atoms with van der Waals surface area (Å²) in [6, 6.07) is 13.4. The summed E-state index contributed by atoms with van der Waals surface area (Å²) in [7, 11) is 0.629. The molecule has 0 radical (unpaired) electrons. The Labute approximate surface area is 169 Å². The summed E-state index contributed by atoms with van der Waals surface area (Å²) >= 11 is 0. The third-order valence-corrected chi connectivity index (χ3v) is 5.99. The van der Waals surface area contributed by atoms with E-state index in [1.807, 2.05) is 30.3 Å². The number of nitrogens with one attached hydrogen (secondary N) is 1. The molecule has 152 valence electrons. The number of carbonyl (C=O) groups excluding carboxylic acids is 1. The lowest BCUT2D eigenvalue weighted by atomic mass is 10.2. The second-order valence-corrected chi connectivity index (χ2v) is 8.51. The van der Waals surface area contributed by atoms with Gasteiger partial charge in [-0.3, -0.25) is 4.79 Å². The highest BCUT2D eigenvalue weighted by molar-refractivity contribution is 7.89. The molecule has 0 saturated carbocycles. The second kappa shape index (κ2) is 8.02. The van der Waals surface area contributed by atoms with Gasteiger partial charge in [0, 0.05) is 14.1 Å². The maximum absolute atomic E-state index is 12.8. The number of sulfonamides is 1. The molecule has 0 spiro atoms. The number of nitrogens with zero attached hydrogens (tertiary/aromatic N) is 4. The second-order valence-electron chi connectivity index (χ2n) is 6.36. The minimum Gasteiger partial charge on any atom is -0.495 e. The highest BCUT2D eigenvalue weighted by Gasteiger charge is 2.22. The average molecular weight is 415 g/mol. The van der Waals surface area contributed by atoms with E-state index in [0.29, 0.717) is 17.1 Å². The van der Waals surface area contributed by atoms with Crippen LogP contribution in [0.4, 0.5) is 5.69 Å². The Kier molecular flexibility index (Phi) is 5.66. The molecule has 10 heteroatoms. The molecule has 3 rings (SSSR count). The zero-order valence-electron chi connectivity index (χ0n) is 16.4. The number of rotatable bonds is 6. The molecule has 0 atom stereocenters. The Morgan fingerprint density at radius 2 is 1.79 bits per heavy atom. The van der Waals surface area contributed by atoms with Crippen molar-refractivity contribution in [3.05, 3.63) is 59.9 Å². The topological polar surface area (TPSA) is 106 Å². The van der Waals surface area contributed by atoms with Gasteiger partial charge in [0.05, 0.1) is 29.1 Å². The van der Waals surface area contributed by atoms with Crippen LogP contribution in [-0.2, 0) is 10.0 Å². The van der Waals surface area contributed by atoms with E-state index in [2.05, 4.69) is 15.5 Å². The van der Waals surface area contributed by atoms with Crippen LogP contribution in [0.15, 0.2) is 53.4 Å². The Hall–Kier alpha value is -3.24. The fraction of sp³-hybridized carbons (Fsp3) is 0.211. The standard InChI is InChI=1S/C19H21N5O4S/c1-13-18(22-24(21-13)14-8-6-5-7-9-14)19(25)20-16-12-15(10-11-17(16)28-4)29(26,27)23(2)3/h5-12H,1-4H3,(H,20,25). The van der Waals surface area contributed by atoms with Gasteiger partial charge in [-0.15, -0.1) is 5.10 Å². The Morgan fingerprint density at radius 1 is 1.10 bits per heavy atom. The first kappa shape index (κ1) is 20.5. The molecule has 1 N–H and O–H groups in total. The van der Waals surface area contributed by atoms with Gasteiger partial charge in [0.1, 0.15) is 5.75 Å². The molecule has 1 amide bonds. The van der Waals surface area contributed by atoms with E-state index in [9.17, 15) is 13.2 Å². The summed E-state index contributed by atoms with van der Waals surface area (Å²) < 4.78 is 31.1. The number of carbonyl (C=O) groups is 1. The number of hydrogen-bond donors (Lipinski definition) is 1. The maximum atomic E-state index is 12.8. The van der Waals surface area contributed by atoms with Crippen molar-refractivity contribution in [2.45, 2.75) is 11.8 Å². The predicted molar refractivity (Wildman–Crippen MR) is 108 cm³/mol. The number of aromatic nitrogens is 3. The number of ether oxygens (including phenoxy) is 1. The van der Waals surface area contributed by atoms with Crippen LogP contribution in [0.2, 0.25) is 0 Å². The Balaban J connectivity index is 1.94. The zero-order valence-corrected chi connectivity index (χ0v) is 17.3. The van der Waals surface area contributed by atoms with Crippen molar-refractivity contribution in [1.82, 2.24) is 19.3 Å². The molecule has 29 heavy (non-hydrogen) atoms. The van der Waals surface area contributed by atoms with Gasteiger partial charge in [0.2, 0.25) is 10.0 Å². The zero-order chi connectivity index (χ0) is 21.2. The van der Waals surface area contributed by atoms with Crippen molar-refractivity contribution < 1.29 is 17.9 Å². The average Bonchev–Trinajstić information content (AvgIpc) is 3.10. The lowest BCUT2D eigenvalue weighted by Crippen LogP contribution is -2.22. The van der Waals surface area contributed by atoms with Gasteiger partial charge in [-0.05, 0) is 37.3 Å². The van der Waals surface area contributed by atoms with Gasteiger partial charge in [0.15, 0.2) is 5.69 Å². The van der Waals surface area contributed by atoms with Crippen LogP contribution in [0.3, 0.4) is 0 Å². The van der Waals surface area contributed by atoms with Crippen LogP contribution in [0.5, 0.6) is 5.75 Å². The number of methoxy groups -OCH3 is 1. The van der Waals surface area contributed by atoms with Gasteiger partial charge in [-0.25, -0.2) is 12.7 Å². The number of aryl methyl sites for hydroxylation is 1. The predicted octanol–water partition coefficient (Wildman–Crippen LogP) is 2.09. The van der Waals surface area contributed by atoms with Gasteiger partial charge >= 0.3 is 0 Å². The van der Waals surface area contributed by atoms with E-state index >= 15 is 0 Å². The summed E-state index contributed by atoms with van der Waals surface area (Å²) in [5.41, 5.74) is 1.49. The first-order chi connectivity index (χ1) is 13.7. The van der Waals surface area contributed by atoms with E-state index in [1.54, 1.807) is 6.92 Å². The van der Waals surface area contributed by atoms with E-state index in [4.69, 9.17) is 4.74 Å². The normalized spacial score (nSPS) is 11.5. The third-order valence-electron chi connectivity index (χ3n) is 4.18. The summed E-state index contributed by atoms with van der Waals surface area (Å²) in [6.07, 6.45) is 0. The molecule has 0 aliphatic heterocycles. The molecule has 1 aromatic heterocycles. The number of para-hydroxylation sites is 1. The highest BCUT2D eigenvalue weighted by Crippen LogP contribution is 2.29. The van der Waals surface area contributed by atoms with Crippen LogP contribution >= 0.6 is 0 Å². The molecule has 0 aliphatic rings. The first-order valence-electron chi connectivity index (χ1n) is 8.65. The molecule has 3 aromatic rings. The lowest BCUT2D eigenvalue weighted by Gasteiger charge is -2.15. The highest BCUT2D eigenvalue weighted by atomic mass is 32.2. The molecule has 2 aromatic carbocycles. The SMILES string of the molecule is COc1ccc(S(=O)(=O)N(C)C)cc1NC(=O)c1nn(-c2ccccc2)nc1C. The lowest BCUT2D eigenvalue weighted by molar-refractivity contribution is 0.102. The van der Waals surface area contributed by atoms with Crippen LogP contribution in [-0.4, -0.2) is 54.8 Å². The quantitative estimate of drug-likeness (QED) is 0.661. The Morgan fingerprint density at radius 3 is 2.41 bits per heavy atom. The summed E-state index contributed by atoms with van der Waals surface area (Å²) in [4.78, 5) is 14.2. The fourth-order valence-corrected chi connectivity index (χ4v) is 3.53. The molecule has 9 nitrogen and oxygen atoms in total. The summed E-state index contributed by atoms with van der Waals surface area (Å²) in [5, 5.41) is 11.2. The molecule has 0 bridgehead atoms. The molecule has 0 saturated heterocycles. The van der Waals surface area contributed by atoms with Crippen LogP contribution in [0.1, 0.15) is 16.2 Å². The van der Waals surface area contributed by atoms with E-state index in [0.717, 1.165) is 4.31 Å². The van der Waals surface area contributed by atoms with Gasteiger partial charge < -0.3 is 10.1 Å². The van der Waals surface area contributed by atoms with Crippen molar-refractivity contribution in [2.24, 2.45) is 0 Å². The third kappa shape index (κ3) is 4.13. The monoisotopic (exact) mass is 415 g/mol. The smallest absolute Gasteiger partial charge is 0.278 e. The number of benzene rings is 2. The van der Waals surface area contributed by atoms with Crippen LogP contribution in [0, 0.1) is 6.92 Å². The van der Waals surface area contributed by atoms with Crippen molar-refractivity contribution in [2.75, 3.05) is 26.5 Å². The van der Waals surface area contributed by atoms with E-state index < -0.39 is 15.9 Å². The number of amides is 1. The van der Waals surface area contributed by atoms with Crippen molar-refractivity contribution in [1.29, 1.82) is 0 Å². The number of hydrogen-bond acceptors (Lipinski definition) is 6. The fourth-order valence-electron chi connectivity index (χ4n) is 2.60. The molecular formula is C19H21N5O4S. The molecule has 0 unspecified atom stereocenters. The maximum Gasteiger partial charge on any atom is 0.278 e. The molecule has 0 aliphatic carbocycles. The largest absolute Gasteiger partial charge is 0.495 e. The molecular weight excluding hydrogens is 394 g/mol. The molecule has 1 heterocycles. The van der Waals surface area contributed by atoms with Crippen LogP contribution in [0.25, 0.3) is 5.69 Å². The van der Waals surface area contributed by atoms with E-state index in [1.165, 1.54) is 44.2 Å². The van der Waals surface area contributed by atoms with Crippen molar-refractivity contribution in [3.8, 4) is 11.4 Å². The summed E-state index contributed by atoms with van der Waals surface area (Å²) in [6.45, 7) is 1.67. The molecule has 0 fully saturated rings. The summed E-state index contributed by atoms with van der Waals surface area (Å²) in [5.74, 6) is -0.202. The van der Waals surface area contributed by atoms with Gasteiger partial charge in [-0.1, -0.05) is 18.2 Å². The van der Waals surface area contributed by atoms with Crippen LogP contribution < -0.4 is 10.1 Å². The Bertz CT molecular complexity index is 1140. The van der Waals surface area contributed by atoms with Crippen molar-refractivity contribution >= 4 is 21.6 Å². The minimum absolute atomic E-state index is 0.0308. The minimum atomic E-state index is -3.67. The van der Waals surface area contributed by atoms with E-state index in [-0.39, 0.29) is 16.3 Å². The van der Waals surface area contributed by atoms with Crippen molar-refractivity contribution in [3.63, 3.8) is 0 Å².